The summed E-state index contributed by atoms with van der Waals surface area (Å²) >= 11 is 0. The van der Waals surface area contributed by atoms with Crippen LogP contribution in [0.5, 0.6) is 11.5 Å². The van der Waals surface area contributed by atoms with Gasteiger partial charge >= 0.3 is 0 Å². The van der Waals surface area contributed by atoms with Gasteiger partial charge in [0.25, 0.3) is 0 Å². The number of carbonyl (C=O) groups is 1. The van der Waals surface area contributed by atoms with E-state index in [9.17, 15) is 4.79 Å². The lowest BCUT2D eigenvalue weighted by atomic mass is 10.1. The Morgan fingerprint density at radius 2 is 1.79 bits per heavy atom. The summed E-state index contributed by atoms with van der Waals surface area (Å²) in [7, 11) is 1.98. The van der Waals surface area contributed by atoms with Crippen LogP contribution >= 0.6 is 0 Å². The van der Waals surface area contributed by atoms with Gasteiger partial charge in [-0.15, -0.1) is 0 Å². The summed E-state index contributed by atoms with van der Waals surface area (Å²) in [5, 5.41) is 4.51. The molecule has 1 fully saturated rings. The van der Waals surface area contributed by atoms with E-state index < -0.39 is 5.91 Å². The van der Waals surface area contributed by atoms with Crippen molar-refractivity contribution in [2.75, 3.05) is 6.54 Å². The third kappa shape index (κ3) is 4.32. The SMILES string of the molecule is Cc1nn(C)cc1[C@@H]1CCCN1Cc1ccc(Oc2ccc(C(N)=O)cc2)cc1. The van der Waals surface area contributed by atoms with Crippen LogP contribution in [0.1, 0.15) is 46.1 Å². The molecule has 6 heteroatoms. The largest absolute Gasteiger partial charge is 0.457 e. The first-order valence-electron chi connectivity index (χ1n) is 9.90. The van der Waals surface area contributed by atoms with Gasteiger partial charge in [0.15, 0.2) is 0 Å². The summed E-state index contributed by atoms with van der Waals surface area (Å²) in [4.78, 5) is 13.7. The van der Waals surface area contributed by atoms with E-state index in [1.54, 1.807) is 24.3 Å². The number of aromatic nitrogens is 2. The molecule has 6 nitrogen and oxygen atoms in total. The van der Waals surface area contributed by atoms with Gasteiger partial charge in [-0.05, 0) is 68.3 Å². The molecule has 1 amide bonds. The van der Waals surface area contributed by atoms with E-state index in [1.165, 1.54) is 24.0 Å². The molecule has 1 aliphatic heterocycles. The molecular formula is C23H26N4O2. The highest BCUT2D eigenvalue weighted by molar-refractivity contribution is 5.92. The number of amides is 1. The summed E-state index contributed by atoms with van der Waals surface area (Å²) in [5.41, 5.74) is 9.45. The van der Waals surface area contributed by atoms with Crippen LogP contribution in [0.4, 0.5) is 0 Å². The average molecular weight is 390 g/mol. The zero-order valence-electron chi connectivity index (χ0n) is 16.8. The highest BCUT2D eigenvalue weighted by Gasteiger charge is 2.28. The summed E-state index contributed by atoms with van der Waals surface area (Å²) in [5.74, 6) is 0.999. The Labute approximate surface area is 170 Å². The van der Waals surface area contributed by atoms with E-state index in [0.29, 0.717) is 17.4 Å². The Balaban J connectivity index is 1.41. The van der Waals surface area contributed by atoms with Crippen molar-refractivity contribution in [1.82, 2.24) is 14.7 Å². The molecule has 4 rings (SSSR count). The predicted octanol–water partition coefficient (Wildman–Crippen LogP) is 3.96. The Hall–Kier alpha value is -3.12. The lowest BCUT2D eigenvalue weighted by Gasteiger charge is -2.24. The van der Waals surface area contributed by atoms with E-state index in [-0.39, 0.29) is 0 Å². The topological polar surface area (TPSA) is 73.4 Å². The second kappa shape index (κ2) is 8.09. The molecule has 1 atom stereocenters. The van der Waals surface area contributed by atoms with E-state index in [4.69, 9.17) is 10.5 Å². The van der Waals surface area contributed by atoms with Gasteiger partial charge in [0, 0.05) is 37.0 Å². The maximum atomic E-state index is 11.2. The van der Waals surface area contributed by atoms with Crippen molar-refractivity contribution in [3.8, 4) is 11.5 Å². The smallest absolute Gasteiger partial charge is 0.248 e. The summed E-state index contributed by atoms with van der Waals surface area (Å²) in [6, 6.07) is 15.5. The quantitative estimate of drug-likeness (QED) is 0.691. The van der Waals surface area contributed by atoms with Crippen LogP contribution in [-0.2, 0) is 13.6 Å². The lowest BCUT2D eigenvalue weighted by molar-refractivity contribution is 0.100. The zero-order chi connectivity index (χ0) is 20.4. The normalized spacial score (nSPS) is 16.8. The molecule has 2 heterocycles. The Morgan fingerprint density at radius 1 is 1.14 bits per heavy atom. The average Bonchev–Trinajstić information content (AvgIpc) is 3.29. The molecule has 0 unspecified atom stereocenters. The predicted molar refractivity (Wildman–Crippen MR) is 112 cm³/mol. The van der Waals surface area contributed by atoms with Gasteiger partial charge in [-0.2, -0.15) is 5.10 Å². The number of nitrogens with zero attached hydrogens (tertiary/aromatic N) is 3. The van der Waals surface area contributed by atoms with Gasteiger partial charge in [-0.1, -0.05) is 12.1 Å². The molecular weight excluding hydrogens is 364 g/mol. The van der Waals surface area contributed by atoms with Crippen molar-refractivity contribution in [3.05, 3.63) is 77.1 Å². The van der Waals surface area contributed by atoms with Gasteiger partial charge in [0.2, 0.25) is 5.91 Å². The summed E-state index contributed by atoms with van der Waals surface area (Å²) < 4.78 is 7.78. The molecule has 0 radical (unpaired) electrons. The maximum Gasteiger partial charge on any atom is 0.248 e. The zero-order valence-corrected chi connectivity index (χ0v) is 16.8. The number of benzene rings is 2. The Morgan fingerprint density at radius 3 is 2.38 bits per heavy atom. The number of hydrogen-bond donors (Lipinski definition) is 1. The highest BCUT2D eigenvalue weighted by atomic mass is 16.5. The van der Waals surface area contributed by atoms with Gasteiger partial charge in [-0.3, -0.25) is 14.4 Å². The molecule has 0 bridgehead atoms. The van der Waals surface area contributed by atoms with Crippen LogP contribution in [0.3, 0.4) is 0 Å². The number of hydrogen-bond acceptors (Lipinski definition) is 4. The van der Waals surface area contributed by atoms with Crippen LogP contribution < -0.4 is 10.5 Å². The van der Waals surface area contributed by atoms with Crippen LogP contribution in [0.15, 0.2) is 54.7 Å². The third-order valence-electron chi connectivity index (χ3n) is 5.46. The fourth-order valence-corrected chi connectivity index (χ4v) is 4.03. The van der Waals surface area contributed by atoms with Gasteiger partial charge in [0.05, 0.1) is 5.69 Å². The van der Waals surface area contributed by atoms with E-state index >= 15 is 0 Å². The third-order valence-corrected chi connectivity index (χ3v) is 5.46. The molecule has 1 saturated heterocycles. The summed E-state index contributed by atoms with van der Waals surface area (Å²) in [6.45, 7) is 4.10. The molecule has 2 aromatic carbocycles. The van der Waals surface area contributed by atoms with Crippen LogP contribution in [0.2, 0.25) is 0 Å². The Kier molecular flexibility index (Phi) is 5.36. The van der Waals surface area contributed by atoms with Crippen molar-refractivity contribution in [2.45, 2.75) is 32.4 Å². The molecule has 1 aliphatic rings. The number of aryl methyl sites for hydroxylation is 2. The molecule has 3 aromatic rings. The number of rotatable bonds is 6. The maximum absolute atomic E-state index is 11.2. The van der Waals surface area contributed by atoms with Crippen LogP contribution in [0, 0.1) is 6.92 Å². The van der Waals surface area contributed by atoms with Gasteiger partial charge in [0.1, 0.15) is 11.5 Å². The highest BCUT2D eigenvalue weighted by Crippen LogP contribution is 2.34. The van der Waals surface area contributed by atoms with E-state index in [0.717, 1.165) is 24.5 Å². The van der Waals surface area contributed by atoms with Crippen molar-refractivity contribution in [1.29, 1.82) is 0 Å². The Bertz CT molecular complexity index is 993. The first-order chi connectivity index (χ1) is 14.0. The molecule has 1 aromatic heterocycles. The second-order valence-electron chi connectivity index (χ2n) is 7.61. The minimum absolute atomic E-state index is 0.434. The lowest BCUT2D eigenvalue weighted by Crippen LogP contribution is -2.23. The van der Waals surface area contributed by atoms with E-state index in [2.05, 4.69) is 35.3 Å². The fraction of sp³-hybridized carbons (Fsp3) is 0.304. The summed E-state index contributed by atoms with van der Waals surface area (Å²) in [6.07, 6.45) is 4.54. The van der Waals surface area contributed by atoms with Crippen molar-refractivity contribution in [2.24, 2.45) is 12.8 Å². The van der Waals surface area contributed by atoms with E-state index in [1.807, 2.05) is 23.9 Å². The monoisotopic (exact) mass is 390 g/mol. The molecule has 29 heavy (non-hydrogen) atoms. The van der Waals surface area contributed by atoms with Crippen molar-refractivity contribution in [3.63, 3.8) is 0 Å². The molecule has 0 saturated carbocycles. The molecule has 150 valence electrons. The molecule has 0 spiro atoms. The van der Waals surface area contributed by atoms with Gasteiger partial charge < -0.3 is 10.5 Å². The number of carbonyl (C=O) groups excluding carboxylic acids is 1. The van der Waals surface area contributed by atoms with Crippen molar-refractivity contribution >= 4 is 5.91 Å². The first-order valence-corrected chi connectivity index (χ1v) is 9.90. The molecule has 2 N–H and O–H groups in total. The number of likely N-dealkylation sites (tertiary alicyclic amines) is 1. The first kappa shape index (κ1) is 19.2. The van der Waals surface area contributed by atoms with Crippen LogP contribution in [-0.4, -0.2) is 27.1 Å². The van der Waals surface area contributed by atoms with Crippen molar-refractivity contribution < 1.29 is 9.53 Å². The number of ether oxygens (including phenoxy) is 1. The second-order valence-corrected chi connectivity index (χ2v) is 7.61. The minimum Gasteiger partial charge on any atom is -0.457 e. The number of primary amides is 1. The standard InChI is InChI=1S/C23H26N4O2/c1-16-21(15-26(2)25-16)22-4-3-13-27(22)14-17-5-9-19(10-6-17)29-20-11-7-18(8-12-20)23(24)28/h5-12,15,22H,3-4,13-14H2,1-2H3,(H2,24,28)/t22-/m0/s1. The fourth-order valence-electron chi connectivity index (χ4n) is 4.03. The minimum atomic E-state index is -0.442. The van der Waals surface area contributed by atoms with Gasteiger partial charge in [-0.25, -0.2) is 0 Å². The van der Waals surface area contributed by atoms with Crippen LogP contribution in [0.25, 0.3) is 0 Å². The number of nitrogens with two attached hydrogens (primary N) is 1. The molecule has 0 aliphatic carbocycles.